The normalized spacial score (nSPS) is 22.7. The molecular weight excluding hydrogens is 262 g/mol. The molecule has 1 aromatic carbocycles. The molecule has 0 spiro atoms. The van der Waals surface area contributed by atoms with Gasteiger partial charge >= 0.3 is 0 Å². The van der Waals surface area contributed by atoms with E-state index in [1.807, 2.05) is 0 Å². The van der Waals surface area contributed by atoms with Gasteiger partial charge in [-0.25, -0.2) is 0 Å². The zero-order valence-corrected chi connectivity index (χ0v) is 13.7. The van der Waals surface area contributed by atoms with Crippen LogP contribution in [-0.2, 0) is 0 Å². The predicted molar refractivity (Wildman–Crippen MR) is 86.9 cm³/mol. The molecule has 0 radical (unpaired) electrons. The summed E-state index contributed by atoms with van der Waals surface area (Å²) in [5, 5.41) is 9.68. The molecule has 1 aromatic rings. The molecule has 1 unspecified atom stereocenters. The van der Waals surface area contributed by atoms with Crippen LogP contribution in [0.15, 0.2) is 18.2 Å². The molecule has 1 N–H and O–H groups in total. The first-order valence-corrected chi connectivity index (χ1v) is 8.12. The van der Waals surface area contributed by atoms with E-state index in [0.717, 1.165) is 51.3 Å². The summed E-state index contributed by atoms with van der Waals surface area (Å²) in [5.74, 6) is 0.996. The Morgan fingerprint density at radius 1 is 1.33 bits per heavy atom. The van der Waals surface area contributed by atoms with E-state index < -0.39 is 0 Å². The number of hydrogen-bond donors (Lipinski definition) is 1. The Hall–Kier alpha value is -1.06. The first-order valence-electron chi connectivity index (χ1n) is 8.12. The molecule has 3 nitrogen and oxygen atoms in total. The molecule has 118 valence electrons. The van der Waals surface area contributed by atoms with E-state index in [2.05, 4.69) is 43.9 Å². The second kappa shape index (κ2) is 7.28. The molecule has 2 rings (SSSR count). The van der Waals surface area contributed by atoms with Gasteiger partial charge in [-0.3, -0.25) is 4.90 Å². The molecule has 3 heteroatoms. The third kappa shape index (κ3) is 4.21. The van der Waals surface area contributed by atoms with Crippen molar-refractivity contribution in [3.05, 3.63) is 29.3 Å². The van der Waals surface area contributed by atoms with Crippen molar-refractivity contribution in [1.82, 2.24) is 4.90 Å². The Balaban J connectivity index is 1.81. The standard InChI is InChI=1S/C18H29NO2/c1-4-7-18(14-20)8-9-19(13-18)10-11-21-17-12-15(2)5-6-16(17)3/h5-6,12,20H,4,7-11,13-14H2,1-3H3. The summed E-state index contributed by atoms with van der Waals surface area (Å²) in [6.45, 7) is 10.4. The molecule has 21 heavy (non-hydrogen) atoms. The highest BCUT2D eigenvalue weighted by atomic mass is 16.5. The molecule has 1 aliphatic heterocycles. The molecule has 0 saturated carbocycles. The topological polar surface area (TPSA) is 32.7 Å². The van der Waals surface area contributed by atoms with Gasteiger partial charge in [0, 0.05) is 25.1 Å². The Bertz CT molecular complexity index is 461. The lowest BCUT2D eigenvalue weighted by atomic mass is 9.83. The zero-order chi connectivity index (χ0) is 15.3. The van der Waals surface area contributed by atoms with Crippen LogP contribution in [0.5, 0.6) is 5.75 Å². The lowest BCUT2D eigenvalue weighted by molar-refractivity contribution is 0.115. The van der Waals surface area contributed by atoms with Crippen LogP contribution < -0.4 is 4.74 Å². The summed E-state index contributed by atoms with van der Waals surface area (Å²) in [5.41, 5.74) is 2.56. The van der Waals surface area contributed by atoms with Crippen LogP contribution in [-0.4, -0.2) is 42.9 Å². The Kier molecular flexibility index (Phi) is 5.65. The minimum absolute atomic E-state index is 0.133. The van der Waals surface area contributed by atoms with Gasteiger partial charge in [0.1, 0.15) is 12.4 Å². The molecule has 0 aliphatic carbocycles. The summed E-state index contributed by atoms with van der Waals surface area (Å²) >= 11 is 0. The fraction of sp³-hybridized carbons (Fsp3) is 0.667. The Labute approximate surface area is 128 Å². The third-order valence-electron chi connectivity index (χ3n) is 4.64. The molecule has 1 heterocycles. The van der Waals surface area contributed by atoms with Crippen LogP contribution in [0.3, 0.4) is 0 Å². The average Bonchev–Trinajstić information content (AvgIpc) is 2.87. The number of aliphatic hydroxyl groups is 1. The van der Waals surface area contributed by atoms with E-state index in [1.165, 1.54) is 11.1 Å². The van der Waals surface area contributed by atoms with Gasteiger partial charge in [-0.05, 0) is 50.4 Å². The summed E-state index contributed by atoms with van der Waals surface area (Å²) in [7, 11) is 0. The summed E-state index contributed by atoms with van der Waals surface area (Å²) in [6.07, 6.45) is 3.38. The molecule has 0 amide bonds. The molecule has 1 fully saturated rings. The highest BCUT2D eigenvalue weighted by molar-refractivity contribution is 5.35. The van der Waals surface area contributed by atoms with E-state index in [0.29, 0.717) is 6.61 Å². The van der Waals surface area contributed by atoms with Crippen molar-refractivity contribution < 1.29 is 9.84 Å². The highest BCUT2D eigenvalue weighted by Gasteiger charge is 2.36. The zero-order valence-electron chi connectivity index (χ0n) is 13.7. The summed E-state index contributed by atoms with van der Waals surface area (Å²) in [6, 6.07) is 6.33. The largest absolute Gasteiger partial charge is 0.492 e. The Morgan fingerprint density at radius 2 is 2.14 bits per heavy atom. The van der Waals surface area contributed by atoms with Gasteiger partial charge in [-0.15, -0.1) is 0 Å². The van der Waals surface area contributed by atoms with Crippen LogP contribution in [0.4, 0.5) is 0 Å². The van der Waals surface area contributed by atoms with Crippen molar-refractivity contribution in [2.45, 2.75) is 40.0 Å². The SMILES string of the molecule is CCCC1(CO)CCN(CCOc2cc(C)ccc2C)C1. The van der Waals surface area contributed by atoms with Crippen LogP contribution in [0.25, 0.3) is 0 Å². The second-order valence-electron chi connectivity index (χ2n) is 6.55. The fourth-order valence-corrected chi connectivity index (χ4v) is 3.31. The predicted octanol–water partition coefficient (Wildman–Crippen LogP) is 3.17. The minimum Gasteiger partial charge on any atom is -0.492 e. The maximum atomic E-state index is 9.68. The van der Waals surface area contributed by atoms with Crippen molar-refractivity contribution >= 4 is 0 Å². The highest BCUT2D eigenvalue weighted by Crippen LogP contribution is 2.34. The second-order valence-corrected chi connectivity index (χ2v) is 6.55. The number of aryl methyl sites for hydroxylation is 2. The lowest BCUT2D eigenvalue weighted by Gasteiger charge is -2.26. The number of benzene rings is 1. The van der Waals surface area contributed by atoms with E-state index in [1.54, 1.807) is 0 Å². The average molecular weight is 291 g/mol. The van der Waals surface area contributed by atoms with Gasteiger partial charge in [0.2, 0.25) is 0 Å². The van der Waals surface area contributed by atoms with Crippen LogP contribution in [0.2, 0.25) is 0 Å². The van der Waals surface area contributed by atoms with Crippen LogP contribution >= 0.6 is 0 Å². The lowest BCUT2D eigenvalue weighted by Crippen LogP contribution is -2.32. The van der Waals surface area contributed by atoms with E-state index in [-0.39, 0.29) is 5.41 Å². The first kappa shape index (κ1) is 16.3. The van der Waals surface area contributed by atoms with Crippen LogP contribution in [0.1, 0.15) is 37.3 Å². The number of ether oxygens (including phenoxy) is 1. The summed E-state index contributed by atoms with van der Waals surface area (Å²) < 4.78 is 5.94. The maximum absolute atomic E-state index is 9.68. The molecule has 1 aliphatic rings. The number of aliphatic hydroxyl groups excluding tert-OH is 1. The molecule has 1 saturated heterocycles. The first-order chi connectivity index (χ1) is 10.1. The quantitative estimate of drug-likeness (QED) is 0.837. The van der Waals surface area contributed by atoms with Crippen LogP contribution in [0, 0.1) is 19.3 Å². The van der Waals surface area contributed by atoms with Crippen molar-refractivity contribution in [2.24, 2.45) is 5.41 Å². The monoisotopic (exact) mass is 291 g/mol. The number of rotatable bonds is 7. The van der Waals surface area contributed by atoms with E-state index in [4.69, 9.17) is 4.74 Å². The third-order valence-corrected chi connectivity index (χ3v) is 4.64. The van der Waals surface area contributed by atoms with Gasteiger partial charge in [0.15, 0.2) is 0 Å². The van der Waals surface area contributed by atoms with Crippen molar-refractivity contribution in [1.29, 1.82) is 0 Å². The molecule has 1 atom stereocenters. The Morgan fingerprint density at radius 3 is 2.86 bits per heavy atom. The molecule has 0 bridgehead atoms. The smallest absolute Gasteiger partial charge is 0.122 e. The number of likely N-dealkylation sites (tertiary alicyclic amines) is 1. The summed E-state index contributed by atoms with van der Waals surface area (Å²) in [4.78, 5) is 2.43. The van der Waals surface area contributed by atoms with Gasteiger partial charge in [0.25, 0.3) is 0 Å². The van der Waals surface area contributed by atoms with E-state index in [9.17, 15) is 5.11 Å². The molecule has 0 aromatic heterocycles. The molecular formula is C18H29NO2. The maximum Gasteiger partial charge on any atom is 0.122 e. The van der Waals surface area contributed by atoms with Crippen molar-refractivity contribution in [3.8, 4) is 5.75 Å². The van der Waals surface area contributed by atoms with Crippen molar-refractivity contribution in [3.63, 3.8) is 0 Å². The van der Waals surface area contributed by atoms with Gasteiger partial charge < -0.3 is 9.84 Å². The van der Waals surface area contributed by atoms with Gasteiger partial charge in [-0.2, -0.15) is 0 Å². The number of nitrogens with zero attached hydrogens (tertiary/aromatic N) is 1. The number of hydrogen-bond acceptors (Lipinski definition) is 3. The van der Waals surface area contributed by atoms with Crippen molar-refractivity contribution in [2.75, 3.05) is 32.8 Å². The minimum atomic E-state index is 0.133. The van der Waals surface area contributed by atoms with Gasteiger partial charge in [-0.1, -0.05) is 25.5 Å². The van der Waals surface area contributed by atoms with E-state index >= 15 is 0 Å². The fourth-order valence-electron chi connectivity index (χ4n) is 3.31. The van der Waals surface area contributed by atoms with Gasteiger partial charge in [0.05, 0.1) is 0 Å².